The van der Waals surface area contributed by atoms with Gasteiger partial charge in [-0.25, -0.2) is 0 Å². The second-order valence-electron chi connectivity index (χ2n) is 6.35. The molecule has 0 aromatic heterocycles. The molecule has 106 valence electrons. The van der Waals surface area contributed by atoms with Crippen LogP contribution in [0.2, 0.25) is 24.2 Å². The van der Waals surface area contributed by atoms with Crippen molar-refractivity contribution in [3.63, 3.8) is 0 Å². The summed E-state index contributed by atoms with van der Waals surface area (Å²) in [5, 5.41) is 0. The molecule has 1 fully saturated rings. The summed E-state index contributed by atoms with van der Waals surface area (Å²) in [5.41, 5.74) is 1.42. The monoisotopic (exact) mass is 267 g/mol. The van der Waals surface area contributed by atoms with Crippen molar-refractivity contribution in [2.75, 3.05) is 19.6 Å². The fourth-order valence-corrected chi connectivity index (χ4v) is 7.52. The third-order valence-corrected chi connectivity index (χ3v) is 10.6. The van der Waals surface area contributed by atoms with E-state index in [1.807, 2.05) is 0 Å². The molecular formula is C16H33NSi. The first-order valence-corrected chi connectivity index (χ1v) is 10.8. The predicted octanol–water partition coefficient (Wildman–Crippen LogP) is 4.93. The first-order valence-electron chi connectivity index (χ1n) is 7.98. The normalized spacial score (nSPS) is 17.9. The second-order valence-corrected chi connectivity index (χ2v) is 11.6. The van der Waals surface area contributed by atoms with Gasteiger partial charge in [-0.05, 0) is 51.9 Å². The largest absolute Gasteiger partial charge is 0.303 e. The molecular weight excluding hydrogens is 234 g/mol. The summed E-state index contributed by atoms with van der Waals surface area (Å²) in [6.07, 6.45) is 5.74. The highest BCUT2D eigenvalue weighted by atomic mass is 28.3. The fourth-order valence-electron chi connectivity index (χ4n) is 3.44. The quantitative estimate of drug-likeness (QED) is 0.445. The Bertz CT molecular complexity index is 239. The zero-order valence-electron chi connectivity index (χ0n) is 12.9. The van der Waals surface area contributed by atoms with E-state index in [-0.39, 0.29) is 0 Å². The SMILES string of the molecule is C=C(C)C[Si](CC)(CC)CCCN1CCCCC1. The van der Waals surface area contributed by atoms with E-state index in [1.54, 1.807) is 0 Å². The molecule has 1 aliphatic heterocycles. The molecule has 0 aliphatic carbocycles. The molecule has 0 spiro atoms. The number of likely N-dealkylation sites (tertiary alicyclic amines) is 1. The molecule has 0 radical (unpaired) electrons. The minimum atomic E-state index is -1.02. The first-order chi connectivity index (χ1) is 8.62. The van der Waals surface area contributed by atoms with E-state index < -0.39 is 8.07 Å². The van der Waals surface area contributed by atoms with Crippen LogP contribution in [0.5, 0.6) is 0 Å². The Morgan fingerprint density at radius 1 is 1.11 bits per heavy atom. The van der Waals surface area contributed by atoms with Crippen molar-refractivity contribution in [3.8, 4) is 0 Å². The molecule has 1 heterocycles. The van der Waals surface area contributed by atoms with E-state index in [0.29, 0.717) is 0 Å². The van der Waals surface area contributed by atoms with Crippen molar-refractivity contribution in [3.05, 3.63) is 12.2 Å². The van der Waals surface area contributed by atoms with Gasteiger partial charge in [-0.3, -0.25) is 0 Å². The van der Waals surface area contributed by atoms with Gasteiger partial charge in [0.15, 0.2) is 0 Å². The van der Waals surface area contributed by atoms with Crippen LogP contribution >= 0.6 is 0 Å². The third-order valence-electron chi connectivity index (χ3n) is 4.81. The smallest absolute Gasteiger partial charge is 0.0570 e. The van der Waals surface area contributed by atoms with Gasteiger partial charge in [-0.2, -0.15) is 0 Å². The van der Waals surface area contributed by atoms with E-state index in [0.717, 1.165) is 0 Å². The number of nitrogens with zero attached hydrogens (tertiary/aromatic N) is 1. The third kappa shape index (κ3) is 5.27. The summed E-state index contributed by atoms with van der Waals surface area (Å²) in [6, 6.07) is 5.76. The lowest BCUT2D eigenvalue weighted by atomic mass is 10.1. The molecule has 0 atom stereocenters. The van der Waals surface area contributed by atoms with Crippen LogP contribution in [0, 0.1) is 0 Å². The molecule has 1 rings (SSSR count). The molecule has 1 aliphatic rings. The van der Waals surface area contributed by atoms with Crippen LogP contribution in [0.3, 0.4) is 0 Å². The van der Waals surface area contributed by atoms with Gasteiger partial charge in [0.1, 0.15) is 0 Å². The zero-order valence-corrected chi connectivity index (χ0v) is 13.9. The van der Waals surface area contributed by atoms with Gasteiger partial charge in [-0.15, -0.1) is 6.58 Å². The zero-order chi connectivity index (χ0) is 13.4. The average Bonchev–Trinajstić information content (AvgIpc) is 2.38. The molecule has 0 unspecified atom stereocenters. The number of piperidine rings is 1. The van der Waals surface area contributed by atoms with Crippen LogP contribution in [0.15, 0.2) is 12.2 Å². The highest BCUT2D eigenvalue weighted by Gasteiger charge is 2.28. The number of hydrogen-bond acceptors (Lipinski definition) is 1. The molecule has 0 saturated carbocycles. The van der Waals surface area contributed by atoms with Crippen LogP contribution in [0.1, 0.15) is 46.5 Å². The van der Waals surface area contributed by atoms with Crippen LogP contribution in [-0.4, -0.2) is 32.6 Å². The summed E-state index contributed by atoms with van der Waals surface area (Å²) in [6.45, 7) is 15.3. The molecule has 1 saturated heterocycles. The Morgan fingerprint density at radius 2 is 1.72 bits per heavy atom. The van der Waals surface area contributed by atoms with Crippen molar-refractivity contribution in [2.24, 2.45) is 0 Å². The fraction of sp³-hybridized carbons (Fsp3) is 0.875. The minimum absolute atomic E-state index is 1.02. The van der Waals surface area contributed by atoms with E-state index in [2.05, 4.69) is 32.3 Å². The molecule has 1 nitrogen and oxygen atoms in total. The van der Waals surface area contributed by atoms with Gasteiger partial charge in [0.05, 0.1) is 8.07 Å². The summed E-state index contributed by atoms with van der Waals surface area (Å²) in [5.74, 6) is 0. The predicted molar refractivity (Wildman–Crippen MR) is 86.1 cm³/mol. The van der Waals surface area contributed by atoms with Gasteiger partial charge in [0.25, 0.3) is 0 Å². The number of hydrogen-bond donors (Lipinski definition) is 0. The van der Waals surface area contributed by atoms with E-state index in [9.17, 15) is 0 Å². The highest BCUT2D eigenvalue weighted by Crippen LogP contribution is 2.30. The van der Waals surface area contributed by atoms with Gasteiger partial charge in [0.2, 0.25) is 0 Å². The molecule has 0 bridgehead atoms. The van der Waals surface area contributed by atoms with E-state index >= 15 is 0 Å². The Hall–Kier alpha value is -0.0831. The molecule has 18 heavy (non-hydrogen) atoms. The first kappa shape index (κ1) is 16.0. The van der Waals surface area contributed by atoms with Crippen molar-refractivity contribution in [1.29, 1.82) is 0 Å². The van der Waals surface area contributed by atoms with Gasteiger partial charge in [-0.1, -0.05) is 44.0 Å². The minimum Gasteiger partial charge on any atom is -0.303 e. The number of rotatable bonds is 8. The molecule has 0 N–H and O–H groups in total. The van der Waals surface area contributed by atoms with Crippen molar-refractivity contribution in [2.45, 2.75) is 70.6 Å². The maximum atomic E-state index is 4.16. The summed E-state index contributed by atoms with van der Waals surface area (Å²) >= 11 is 0. The van der Waals surface area contributed by atoms with Crippen LogP contribution in [-0.2, 0) is 0 Å². The lowest BCUT2D eigenvalue weighted by Gasteiger charge is -2.32. The van der Waals surface area contributed by atoms with Crippen molar-refractivity contribution >= 4 is 8.07 Å². The lowest BCUT2D eigenvalue weighted by molar-refractivity contribution is 0.229. The standard InChI is InChI=1S/C16H33NSi/c1-5-18(6-2,15-16(3)4)14-10-13-17-11-8-7-9-12-17/h3,5-15H2,1-2,4H3. The van der Waals surface area contributed by atoms with Crippen molar-refractivity contribution in [1.82, 2.24) is 4.90 Å². The van der Waals surface area contributed by atoms with Gasteiger partial charge in [0, 0.05) is 0 Å². The molecule has 0 aromatic carbocycles. The van der Waals surface area contributed by atoms with E-state index in [4.69, 9.17) is 0 Å². The van der Waals surface area contributed by atoms with E-state index in [1.165, 1.54) is 75.1 Å². The Morgan fingerprint density at radius 3 is 2.22 bits per heavy atom. The Balaban J connectivity index is 2.34. The summed E-state index contributed by atoms with van der Waals surface area (Å²) < 4.78 is 0. The van der Waals surface area contributed by atoms with Crippen molar-refractivity contribution < 1.29 is 0 Å². The molecule has 0 aromatic rings. The maximum absolute atomic E-state index is 4.16. The van der Waals surface area contributed by atoms with Crippen LogP contribution in [0.4, 0.5) is 0 Å². The Labute approximate surface area is 116 Å². The topological polar surface area (TPSA) is 3.24 Å². The Kier molecular flexibility index (Phi) is 7.24. The van der Waals surface area contributed by atoms with Crippen LogP contribution in [0.25, 0.3) is 0 Å². The van der Waals surface area contributed by atoms with Gasteiger partial charge >= 0.3 is 0 Å². The lowest BCUT2D eigenvalue weighted by Crippen LogP contribution is -2.35. The maximum Gasteiger partial charge on any atom is 0.0570 e. The molecule has 0 amide bonds. The average molecular weight is 268 g/mol. The summed E-state index contributed by atoms with van der Waals surface area (Å²) in [7, 11) is -1.02. The second kappa shape index (κ2) is 8.16. The van der Waals surface area contributed by atoms with Crippen LogP contribution < -0.4 is 0 Å². The van der Waals surface area contributed by atoms with Gasteiger partial charge < -0.3 is 4.90 Å². The highest BCUT2D eigenvalue weighted by molar-refractivity contribution is 6.80. The molecule has 2 heteroatoms. The summed E-state index contributed by atoms with van der Waals surface area (Å²) in [4.78, 5) is 2.69. The number of allylic oxidation sites excluding steroid dienone is 1.